The topological polar surface area (TPSA) is 141 Å². The van der Waals surface area contributed by atoms with Gasteiger partial charge in [-0.1, -0.05) is 25.1 Å². The number of fused-ring (bicyclic) bond motifs is 1. The number of amides is 2. The highest BCUT2D eigenvalue weighted by Crippen LogP contribution is 2.29. The van der Waals surface area contributed by atoms with Crippen molar-refractivity contribution in [2.75, 3.05) is 17.6 Å². The Morgan fingerprint density at radius 1 is 1.14 bits per heavy atom. The van der Waals surface area contributed by atoms with E-state index in [1.807, 2.05) is 19.1 Å². The van der Waals surface area contributed by atoms with Crippen LogP contribution in [0.2, 0.25) is 0 Å². The third-order valence-corrected chi connectivity index (χ3v) is 5.51. The molecule has 5 N–H and O–H groups in total. The third-order valence-electron chi connectivity index (χ3n) is 5.51. The molecule has 0 radical (unpaired) electrons. The molecule has 0 spiro atoms. The molecular formula is C26H29N7O3. The Morgan fingerprint density at radius 2 is 1.92 bits per heavy atom. The quantitative estimate of drug-likeness (QED) is 0.328. The van der Waals surface area contributed by atoms with Crippen molar-refractivity contribution >= 4 is 40.9 Å². The number of anilines is 2. The van der Waals surface area contributed by atoms with Gasteiger partial charge in [0.05, 0.1) is 5.69 Å². The molecule has 0 bridgehead atoms. The number of hydroxylamine groups is 2. The molecule has 2 heterocycles. The van der Waals surface area contributed by atoms with Crippen LogP contribution in [0.3, 0.4) is 0 Å². The summed E-state index contributed by atoms with van der Waals surface area (Å²) in [6.45, 7) is 2.62. The van der Waals surface area contributed by atoms with Crippen LogP contribution in [-0.2, 0) is 23.3 Å². The molecule has 2 amide bonds. The van der Waals surface area contributed by atoms with Crippen molar-refractivity contribution in [1.29, 1.82) is 0 Å². The summed E-state index contributed by atoms with van der Waals surface area (Å²) in [5.74, 6) is 0.115. The van der Waals surface area contributed by atoms with Gasteiger partial charge in [-0.2, -0.15) is 5.10 Å². The number of hydrogen-bond acceptors (Lipinski definition) is 7. The minimum atomic E-state index is -0.319. The molecule has 3 aromatic rings. The van der Waals surface area contributed by atoms with Crippen molar-refractivity contribution in [2.24, 2.45) is 17.8 Å². The number of benzene rings is 2. The standard InChI is InChI=1S/C26H29N7O3/c1-3-11-33(36-16-17-4-8-21(27)9-5-17)26(35)20-13-18-6-7-19(14-22(18)29-23(28)15-20)25(34)30-24-10-12-32(2)31-24/h4-10,12-14H,3,11,15-16,27H2,1-2H3,(H2,28,29)(H,30,31,34). The van der Waals surface area contributed by atoms with E-state index in [4.69, 9.17) is 16.3 Å². The first-order chi connectivity index (χ1) is 17.3. The number of nitrogen functional groups attached to an aromatic ring is 1. The highest BCUT2D eigenvalue weighted by molar-refractivity contribution is 6.07. The zero-order valence-corrected chi connectivity index (χ0v) is 20.3. The van der Waals surface area contributed by atoms with Crippen LogP contribution >= 0.6 is 0 Å². The van der Waals surface area contributed by atoms with Gasteiger partial charge in [0.2, 0.25) is 0 Å². The second-order valence-electron chi connectivity index (χ2n) is 8.47. The number of carbonyl (C=O) groups excluding carboxylic acids is 2. The minimum absolute atomic E-state index is 0.161. The van der Waals surface area contributed by atoms with E-state index >= 15 is 0 Å². The fourth-order valence-electron chi connectivity index (χ4n) is 3.69. The minimum Gasteiger partial charge on any atom is -0.399 e. The van der Waals surface area contributed by atoms with Crippen molar-refractivity contribution in [3.05, 3.63) is 77.0 Å². The molecule has 0 fully saturated rings. The predicted octanol–water partition coefficient (Wildman–Crippen LogP) is 3.40. The Kier molecular flexibility index (Phi) is 7.45. The lowest BCUT2D eigenvalue weighted by Gasteiger charge is -2.22. The summed E-state index contributed by atoms with van der Waals surface area (Å²) >= 11 is 0. The van der Waals surface area contributed by atoms with E-state index in [2.05, 4.69) is 15.4 Å². The second kappa shape index (κ2) is 10.9. The number of nitrogens with one attached hydrogen (secondary N) is 1. The highest BCUT2D eigenvalue weighted by atomic mass is 16.7. The van der Waals surface area contributed by atoms with Crippen molar-refractivity contribution in [2.45, 2.75) is 26.4 Å². The summed E-state index contributed by atoms with van der Waals surface area (Å²) in [5.41, 5.74) is 15.5. The van der Waals surface area contributed by atoms with E-state index in [0.29, 0.717) is 40.4 Å². The summed E-state index contributed by atoms with van der Waals surface area (Å²) in [7, 11) is 1.77. The summed E-state index contributed by atoms with van der Waals surface area (Å²) in [5, 5.41) is 8.26. The molecule has 1 aliphatic heterocycles. The number of rotatable bonds is 8. The third kappa shape index (κ3) is 5.97. The monoisotopic (exact) mass is 487 g/mol. The van der Waals surface area contributed by atoms with Gasteiger partial charge in [-0.05, 0) is 42.3 Å². The summed E-state index contributed by atoms with van der Waals surface area (Å²) in [6, 6.07) is 14.1. The maximum absolute atomic E-state index is 13.4. The van der Waals surface area contributed by atoms with Crippen molar-refractivity contribution < 1.29 is 14.4 Å². The van der Waals surface area contributed by atoms with Gasteiger partial charge in [0.15, 0.2) is 5.82 Å². The molecule has 1 aliphatic rings. The molecule has 2 aromatic carbocycles. The number of aromatic nitrogens is 2. The van der Waals surface area contributed by atoms with Gasteiger partial charge in [-0.25, -0.2) is 10.1 Å². The molecular weight excluding hydrogens is 458 g/mol. The van der Waals surface area contributed by atoms with E-state index in [0.717, 1.165) is 12.0 Å². The van der Waals surface area contributed by atoms with Crippen LogP contribution in [0, 0.1) is 0 Å². The summed E-state index contributed by atoms with van der Waals surface area (Å²) < 4.78 is 1.60. The van der Waals surface area contributed by atoms with E-state index in [1.165, 1.54) is 5.06 Å². The normalized spacial score (nSPS) is 12.7. The Hall–Kier alpha value is -4.44. The maximum Gasteiger partial charge on any atom is 0.273 e. The lowest BCUT2D eigenvalue weighted by Crippen LogP contribution is -2.34. The van der Waals surface area contributed by atoms with Crippen molar-refractivity contribution in [3.8, 4) is 0 Å². The number of hydrogen-bond donors (Lipinski definition) is 3. The Labute approximate surface area is 209 Å². The molecule has 0 atom stereocenters. The maximum atomic E-state index is 13.4. The molecule has 10 nitrogen and oxygen atoms in total. The SMILES string of the molecule is CCCN(OCc1ccc(N)cc1)C(=O)C1=Cc2ccc(C(=O)Nc3ccn(C)n3)cc2N=C(N)C1. The molecule has 0 saturated carbocycles. The summed E-state index contributed by atoms with van der Waals surface area (Å²) in [4.78, 5) is 36.4. The average Bonchev–Trinajstić information content (AvgIpc) is 3.18. The van der Waals surface area contributed by atoms with Gasteiger partial charge in [0.25, 0.3) is 11.8 Å². The molecule has 0 aliphatic carbocycles. The highest BCUT2D eigenvalue weighted by Gasteiger charge is 2.23. The molecule has 0 unspecified atom stereocenters. The average molecular weight is 488 g/mol. The first-order valence-corrected chi connectivity index (χ1v) is 11.6. The van der Waals surface area contributed by atoms with E-state index < -0.39 is 0 Å². The largest absolute Gasteiger partial charge is 0.399 e. The number of nitrogens with zero attached hydrogens (tertiary/aromatic N) is 4. The van der Waals surface area contributed by atoms with Gasteiger partial charge >= 0.3 is 0 Å². The zero-order valence-electron chi connectivity index (χ0n) is 20.3. The Bertz CT molecular complexity index is 1330. The number of amidine groups is 1. The molecule has 36 heavy (non-hydrogen) atoms. The lowest BCUT2D eigenvalue weighted by atomic mass is 10.0. The number of aliphatic imine (C=N–C) groups is 1. The number of nitrogens with two attached hydrogens (primary N) is 2. The van der Waals surface area contributed by atoms with Crippen LogP contribution in [0.1, 0.15) is 41.3 Å². The van der Waals surface area contributed by atoms with E-state index in [1.54, 1.807) is 60.4 Å². The number of aryl methyl sites for hydroxylation is 1. The van der Waals surface area contributed by atoms with E-state index in [9.17, 15) is 9.59 Å². The van der Waals surface area contributed by atoms with Crippen LogP contribution in [0.25, 0.3) is 6.08 Å². The lowest BCUT2D eigenvalue weighted by molar-refractivity contribution is -0.187. The molecule has 0 saturated heterocycles. The van der Waals surface area contributed by atoms with Crippen molar-refractivity contribution in [3.63, 3.8) is 0 Å². The fraction of sp³-hybridized carbons (Fsp3) is 0.231. The van der Waals surface area contributed by atoms with Gasteiger partial charge < -0.3 is 16.8 Å². The van der Waals surface area contributed by atoms with Crippen LogP contribution in [0.5, 0.6) is 0 Å². The van der Waals surface area contributed by atoms with Gasteiger partial charge in [0, 0.05) is 54.7 Å². The Morgan fingerprint density at radius 3 is 2.61 bits per heavy atom. The van der Waals surface area contributed by atoms with Crippen LogP contribution in [0.4, 0.5) is 17.2 Å². The smallest absolute Gasteiger partial charge is 0.273 e. The van der Waals surface area contributed by atoms with Gasteiger partial charge in [-0.3, -0.25) is 19.1 Å². The second-order valence-corrected chi connectivity index (χ2v) is 8.47. The van der Waals surface area contributed by atoms with Crippen LogP contribution < -0.4 is 16.8 Å². The molecule has 186 valence electrons. The molecule has 10 heteroatoms. The van der Waals surface area contributed by atoms with E-state index in [-0.39, 0.29) is 30.7 Å². The van der Waals surface area contributed by atoms with Crippen molar-refractivity contribution in [1.82, 2.24) is 14.8 Å². The number of carbonyl (C=O) groups is 2. The van der Waals surface area contributed by atoms with Crippen LogP contribution in [0.15, 0.2) is 65.3 Å². The fourth-order valence-corrected chi connectivity index (χ4v) is 3.69. The predicted molar refractivity (Wildman–Crippen MR) is 139 cm³/mol. The molecule has 4 rings (SSSR count). The first-order valence-electron chi connectivity index (χ1n) is 11.6. The zero-order chi connectivity index (χ0) is 25.7. The Balaban J connectivity index is 1.53. The first kappa shape index (κ1) is 24.7. The van der Waals surface area contributed by atoms with Crippen LogP contribution in [-0.4, -0.2) is 39.0 Å². The molecule has 1 aromatic heterocycles. The van der Waals surface area contributed by atoms with Gasteiger partial charge in [-0.15, -0.1) is 0 Å². The summed E-state index contributed by atoms with van der Waals surface area (Å²) in [6.07, 6.45) is 4.36. The van der Waals surface area contributed by atoms with Gasteiger partial charge in [0.1, 0.15) is 12.4 Å².